The first-order valence-corrected chi connectivity index (χ1v) is 6.66. The molecule has 1 aromatic heterocycles. The lowest BCUT2D eigenvalue weighted by molar-refractivity contribution is -0.128. The second kappa shape index (κ2) is 5.36. The van der Waals surface area contributed by atoms with Crippen molar-refractivity contribution in [3.63, 3.8) is 0 Å². The Bertz CT molecular complexity index is 690. The third-order valence-electron chi connectivity index (χ3n) is 3.43. The van der Waals surface area contributed by atoms with E-state index in [0.29, 0.717) is 23.6 Å². The number of hydrazone groups is 1. The summed E-state index contributed by atoms with van der Waals surface area (Å²) < 4.78 is 5.39. The molecule has 0 saturated heterocycles. The molecule has 3 rings (SSSR count). The summed E-state index contributed by atoms with van der Waals surface area (Å²) in [6.07, 6.45) is 1.55. The van der Waals surface area contributed by atoms with Gasteiger partial charge in [-0.15, -0.1) is 0 Å². The van der Waals surface area contributed by atoms with Crippen LogP contribution >= 0.6 is 0 Å². The Balaban J connectivity index is 1.97. The lowest BCUT2D eigenvalue weighted by Gasteiger charge is -2.10. The zero-order valence-corrected chi connectivity index (χ0v) is 11.5. The Morgan fingerprint density at radius 1 is 1.19 bits per heavy atom. The maximum atomic E-state index is 12.6. The average molecular weight is 282 g/mol. The van der Waals surface area contributed by atoms with Gasteiger partial charge in [-0.25, -0.2) is 5.01 Å². The Morgan fingerprint density at radius 2 is 1.95 bits per heavy atom. The van der Waals surface area contributed by atoms with Crippen molar-refractivity contribution in [1.82, 2.24) is 5.01 Å². The zero-order chi connectivity index (χ0) is 14.8. The summed E-state index contributed by atoms with van der Waals surface area (Å²) in [5.41, 5.74) is 0.893. The number of nitrogens with zero attached hydrogens (tertiary/aromatic N) is 2. The van der Waals surface area contributed by atoms with Gasteiger partial charge in [-0.1, -0.05) is 30.3 Å². The second-order valence-corrected chi connectivity index (χ2v) is 4.85. The normalized spacial score (nSPS) is 17.7. The fourth-order valence-electron chi connectivity index (χ4n) is 2.35. The minimum Gasteiger partial charge on any atom is -0.469 e. The number of carbonyl (C=O) groups is 2. The topological polar surface area (TPSA) is 62.9 Å². The molecule has 2 heterocycles. The lowest BCUT2D eigenvalue weighted by atomic mass is 9.94. The van der Waals surface area contributed by atoms with Gasteiger partial charge in [0.1, 0.15) is 11.5 Å². The monoisotopic (exact) mass is 282 g/mol. The average Bonchev–Trinajstić information content (AvgIpc) is 3.16. The molecule has 0 aliphatic carbocycles. The molecule has 5 heteroatoms. The van der Waals surface area contributed by atoms with Crippen molar-refractivity contribution >= 4 is 17.4 Å². The van der Waals surface area contributed by atoms with Crippen LogP contribution in [0.4, 0.5) is 0 Å². The summed E-state index contributed by atoms with van der Waals surface area (Å²) in [6.45, 7) is 1.76. The molecule has 0 radical (unpaired) electrons. The third kappa shape index (κ3) is 2.50. The van der Waals surface area contributed by atoms with Crippen LogP contribution in [0.15, 0.2) is 58.2 Å². The molecule has 0 fully saturated rings. The van der Waals surface area contributed by atoms with Crippen molar-refractivity contribution in [3.8, 4) is 0 Å². The summed E-state index contributed by atoms with van der Waals surface area (Å²) in [5.74, 6) is -0.0541. The Labute approximate surface area is 121 Å². The Morgan fingerprint density at radius 3 is 2.57 bits per heavy atom. The molecule has 1 atom stereocenters. The highest BCUT2D eigenvalue weighted by molar-refractivity contribution is 6.48. The molecule has 1 amide bonds. The first-order valence-electron chi connectivity index (χ1n) is 6.66. The summed E-state index contributed by atoms with van der Waals surface area (Å²) in [7, 11) is 0. The number of carbonyl (C=O) groups excluding carboxylic acids is 2. The van der Waals surface area contributed by atoms with E-state index in [4.69, 9.17) is 4.42 Å². The highest BCUT2D eigenvalue weighted by atomic mass is 16.3. The predicted octanol–water partition coefficient (Wildman–Crippen LogP) is 2.46. The van der Waals surface area contributed by atoms with Crippen molar-refractivity contribution in [2.24, 2.45) is 5.10 Å². The number of benzene rings is 1. The molecule has 0 saturated carbocycles. The predicted molar refractivity (Wildman–Crippen MR) is 77.0 cm³/mol. The van der Waals surface area contributed by atoms with Crippen LogP contribution in [0, 0.1) is 0 Å². The number of ketones is 1. The molecule has 1 aliphatic rings. The number of furan rings is 1. The minimum absolute atomic E-state index is 0.180. The van der Waals surface area contributed by atoms with E-state index in [2.05, 4.69) is 5.10 Å². The fourth-order valence-corrected chi connectivity index (χ4v) is 2.35. The molecule has 0 bridgehead atoms. The van der Waals surface area contributed by atoms with Gasteiger partial charge in [0.2, 0.25) is 11.7 Å². The summed E-state index contributed by atoms with van der Waals surface area (Å²) in [5, 5.41) is 5.50. The van der Waals surface area contributed by atoms with Crippen molar-refractivity contribution in [1.29, 1.82) is 0 Å². The standard InChI is InChI=1S/C16H14N2O3/c1-11(19)18-10-13(14-8-5-9-21-14)15(17-18)16(20)12-6-3-2-4-7-12/h2-9,13H,10H2,1H3. The van der Waals surface area contributed by atoms with Crippen molar-refractivity contribution in [2.45, 2.75) is 12.8 Å². The fraction of sp³-hybridized carbons (Fsp3) is 0.188. The highest BCUT2D eigenvalue weighted by Gasteiger charge is 2.36. The summed E-state index contributed by atoms with van der Waals surface area (Å²) in [6, 6.07) is 12.5. The number of Topliss-reactive ketones (excluding diaryl/α,β-unsaturated/α-hetero) is 1. The molecule has 1 aromatic carbocycles. The maximum absolute atomic E-state index is 12.6. The molecule has 1 unspecified atom stereocenters. The zero-order valence-electron chi connectivity index (χ0n) is 11.5. The van der Waals surface area contributed by atoms with Crippen LogP contribution in [0.25, 0.3) is 0 Å². The van der Waals surface area contributed by atoms with Crippen molar-refractivity contribution in [2.75, 3.05) is 6.54 Å². The molecule has 21 heavy (non-hydrogen) atoms. The van der Waals surface area contributed by atoms with Gasteiger partial charge in [-0.2, -0.15) is 5.10 Å². The highest BCUT2D eigenvalue weighted by Crippen LogP contribution is 2.27. The first kappa shape index (κ1) is 13.3. The molecule has 0 N–H and O–H groups in total. The number of hydrogen-bond acceptors (Lipinski definition) is 4. The summed E-state index contributed by atoms with van der Waals surface area (Å²) >= 11 is 0. The number of rotatable bonds is 3. The van der Waals surface area contributed by atoms with Crippen LogP contribution in [0.1, 0.15) is 29.0 Å². The van der Waals surface area contributed by atoms with E-state index in [0.717, 1.165) is 0 Å². The van der Waals surface area contributed by atoms with E-state index in [9.17, 15) is 9.59 Å². The first-order chi connectivity index (χ1) is 10.2. The SMILES string of the molecule is CC(=O)N1CC(c2ccco2)C(C(=O)c2ccccc2)=N1. The smallest absolute Gasteiger partial charge is 0.239 e. The van der Waals surface area contributed by atoms with Gasteiger partial charge in [0.25, 0.3) is 0 Å². The van der Waals surface area contributed by atoms with E-state index in [-0.39, 0.29) is 17.6 Å². The lowest BCUT2D eigenvalue weighted by Crippen LogP contribution is -2.24. The van der Waals surface area contributed by atoms with Crippen LogP contribution in [0.3, 0.4) is 0 Å². The molecule has 106 valence electrons. The van der Waals surface area contributed by atoms with Crippen LogP contribution in [-0.4, -0.2) is 29.0 Å². The van der Waals surface area contributed by atoms with Gasteiger partial charge in [-0.05, 0) is 12.1 Å². The van der Waals surface area contributed by atoms with Crippen molar-refractivity contribution in [3.05, 3.63) is 60.1 Å². The molecule has 1 aliphatic heterocycles. The van der Waals surface area contributed by atoms with E-state index in [1.165, 1.54) is 11.9 Å². The van der Waals surface area contributed by atoms with Crippen LogP contribution < -0.4 is 0 Å². The maximum Gasteiger partial charge on any atom is 0.239 e. The molecule has 2 aromatic rings. The third-order valence-corrected chi connectivity index (χ3v) is 3.43. The second-order valence-electron chi connectivity index (χ2n) is 4.85. The largest absolute Gasteiger partial charge is 0.469 e. The van der Waals surface area contributed by atoms with Gasteiger partial charge < -0.3 is 4.42 Å². The minimum atomic E-state index is -0.323. The molecular formula is C16H14N2O3. The Kier molecular flexibility index (Phi) is 3.39. The van der Waals surface area contributed by atoms with Gasteiger partial charge in [-0.3, -0.25) is 9.59 Å². The quantitative estimate of drug-likeness (QED) is 0.812. The van der Waals surface area contributed by atoms with E-state index in [1.807, 2.05) is 6.07 Å². The van der Waals surface area contributed by atoms with Crippen LogP contribution in [0.2, 0.25) is 0 Å². The van der Waals surface area contributed by atoms with E-state index >= 15 is 0 Å². The molecular weight excluding hydrogens is 268 g/mol. The van der Waals surface area contributed by atoms with Gasteiger partial charge in [0, 0.05) is 12.5 Å². The number of amides is 1. The van der Waals surface area contributed by atoms with Gasteiger partial charge in [0.05, 0.1) is 18.7 Å². The van der Waals surface area contributed by atoms with Crippen LogP contribution in [-0.2, 0) is 4.79 Å². The van der Waals surface area contributed by atoms with E-state index < -0.39 is 0 Å². The van der Waals surface area contributed by atoms with Crippen molar-refractivity contribution < 1.29 is 14.0 Å². The summed E-state index contributed by atoms with van der Waals surface area (Å²) in [4.78, 5) is 24.2. The van der Waals surface area contributed by atoms with Gasteiger partial charge in [0.15, 0.2) is 0 Å². The number of hydrogen-bond donors (Lipinski definition) is 0. The van der Waals surface area contributed by atoms with Crippen LogP contribution in [0.5, 0.6) is 0 Å². The molecule has 5 nitrogen and oxygen atoms in total. The van der Waals surface area contributed by atoms with Gasteiger partial charge >= 0.3 is 0 Å². The Hall–Kier alpha value is -2.69. The van der Waals surface area contributed by atoms with E-state index in [1.54, 1.807) is 42.7 Å². The molecule has 0 spiro atoms.